The SMILES string of the molecule is CCCNc1cncc(C(=O)NCCCOCCOC)n1. The summed E-state index contributed by atoms with van der Waals surface area (Å²) >= 11 is 0. The molecular weight excluding hydrogens is 272 g/mol. The molecule has 0 bridgehead atoms. The lowest BCUT2D eigenvalue weighted by Gasteiger charge is -2.07. The van der Waals surface area contributed by atoms with E-state index in [1.807, 2.05) is 0 Å². The van der Waals surface area contributed by atoms with E-state index in [1.54, 1.807) is 13.3 Å². The van der Waals surface area contributed by atoms with Crippen molar-refractivity contribution in [2.24, 2.45) is 0 Å². The molecule has 21 heavy (non-hydrogen) atoms. The van der Waals surface area contributed by atoms with Gasteiger partial charge >= 0.3 is 0 Å². The van der Waals surface area contributed by atoms with Crippen LogP contribution in [0.2, 0.25) is 0 Å². The lowest BCUT2D eigenvalue weighted by Crippen LogP contribution is -2.26. The third-order valence-electron chi connectivity index (χ3n) is 2.61. The van der Waals surface area contributed by atoms with E-state index >= 15 is 0 Å². The average Bonchev–Trinajstić information content (AvgIpc) is 2.52. The third kappa shape index (κ3) is 7.57. The van der Waals surface area contributed by atoms with Crippen LogP contribution in [-0.2, 0) is 9.47 Å². The lowest BCUT2D eigenvalue weighted by atomic mass is 10.4. The molecule has 0 aliphatic rings. The zero-order chi connectivity index (χ0) is 15.3. The number of hydrogen-bond acceptors (Lipinski definition) is 6. The summed E-state index contributed by atoms with van der Waals surface area (Å²) in [6, 6.07) is 0. The molecule has 0 saturated heterocycles. The Balaban J connectivity index is 2.25. The van der Waals surface area contributed by atoms with Crippen LogP contribution in [0.1, 0.15) is 30.3 Å². The zero-order valence-electron chi connectivity index (χ0n) is 12.7. The molecule has 1 rings (SSSR count). The normalized spacial score (nSPS) is 10.4. The minimum atomic E-state index is -0.223. The van der Waals surface area contributed by atoms with Crippen molar-refractivity contribution in [2.45, 2.75) is 19.8 Å². The highest BCUT2D eigenvalue weighted by Gasteiger charge is 2.07. The number of amides is 1. The van der Waals surface area contributed by atoms with E-state index in [-0.39, 0.29) is 5.91 Å². The summed E-state index contributed by atoms with van der Waals surface area (Å²) < 4.78 is 10.2. The first kappa shape index (κ1) is 17.3. The van der Waals surface area contributed by atoms with Crippen molar-refractivity contribution in [1.29, 1.82) is 0 Å². The maximum Gasteiger partial charge on any atom is 0.271 e. The fourth-order valence-electron chi connectivity index (χ4n) is 1.52. The van der Waals surface area contributed by atoms with Gasteiger partial charge in [-0.1, -0.05) is 6.92 Å². The number of nitrogens with one attached hydrogen (secondary N) is 2. The van der Waals surface area contributed by atoms with Crippen LogP contribution in [0.25, 0.3) is 0 Å². The van der Waals surface area contributed by atoms with Crippen LogP contribution in [0.15, 0.2) is 12.4 Å². The minimum absolute atomic E-state index is 0.223. The topological polar surface area (TPSA) is 85.4 Å². The first-order chi connectivity index (χ1) is 10.3. The summed E-state index contributed by atoms with van der Waals surface area (Å²) in [7, 11) is 1.63. The maximum absolute atomic E-state index is 11.9. The monoisotopic (exact) mass is 296 g/mol. The van der Waals surface area contributed by atoms with Gasteiger partial charge in [0.1, 0.15) is 11.5 Å². The van der Waals surface area contributed by atoms with Gasteiger partial charge in [0, 0.05) is 26.8 Å². The van der Waals surface area contributed by atoms with Crippen LogP contribution in [-0.4, -0.2) is 55.9 Å². The van der Waals surface area contributed by atoms with Gasteiger partial charge in [-0.25, -0.2) is 4.98 Å². The Labute approximate surface area is 125 Å². The Morgan fingerprint density at radius 2 is 2.10 bits per heavy atom. The van der Waals surface area contributed by atoms with Gasteiger partial charge in [-0.2, -0.15) is 0 Å². The van der Waals surface area contributed by atoms with E-state index in [1.165, 1.54) is 6.20 Å². The van der Waals surface area contributed by atoms with Gasteiger partial charge in [0.15, 0.2) is 0 Å². The molecule has 118 valence electrons. The quantitative estimate of drug-likeness (QED) is 0.594. The molecule has 0 aromatic carbocycles. The van der Waals surface area contributed by atoms with Crippen LogP contribution in [0, 0.1) is 0 Å². The van der Waals surface area contributed by atoms with Gasteiger partial charge in [0.25, 0.3) is 5.91 Å². The van der Waals surface area contributed by atoms with Crippen molar-refractivity contribution in [3.8, 4) is 0 Å². The molecule has 0 aliphatic carbocycles. The highest BCUT2D eigenvalue weighted by molar-refractivity contribution is 5.92. The van der Waals surface area contributed by atoms with E-state index in [0.717, 1.165) is 19.4 Å². The van der Waals surface area contributed by atoms with Crippen molar-refractivity contribution < 1.29 is 14.3 Å². The summed E-state index contributed by atoms with van der Waals surface area (Å²) in [4.78, 5) is 20.1. The molecular formula is C14H24N4O3. The number of carbonyl (C=O) groups excluding carboxylic acids is 1. The second kappa shape index (κ2) is 11.0. The third-order valence-corrected chi connectivity index (χ3v) is 2.61. The van der Waals surface area contributed by atoms with E-state index in [4.69, 9.17) is 9.47 Å². The van der Waals surface area contributed by atoms with Crippen molar-refractivity contribution in [2.75, 3.05) is 45.3 Å². The van der Waals surface area contributed by atoms with Crippen LogP contribution in [0.4, 0.5) is 5.82 Å². The first-order valence-corrected chi connectivity index (χ1v) is 7.18. The fraction of sp³-hybridized carbons (Fsp3) is 0.643. The minimum Gasteiger partial charge on any atom is -0.382 e. The van der Waals surface area contributed by atoms with Gasteiger partial charge in [-0.05, 0) is 12.8 Å². The molecule has 1 amide bonds. The molecule has 2 N–H and O–H groups in total. The summed E-state index contributed by atoms with van der Waals surface area (Å²) in [5.74, 6) is 0.395. The highest BCUT2D eigenvalue weighted by Crippen LogP contribution is 2.02. The van der Waals surface area contributed by atoms with Gasteiger partial charge in [0.05, 0.1) is 25.6 Å². The second-order valence-corrected chi connectivity index (χ2v) is 4.43. The fourth-order valence-corrected chi connectivity index (χ4v) is 1.52. The Kier molecular flexibility index (Phi) is 9.06. The van der Waals surface area contributed by atoms with Crippen LogP contribution >= 0.6 is 0 Å². The summed E-state index contributed by atoms with van der Waals surface area (Å²) in [5, 5.41) is 5.89. The van der Waals surface area contributed by atoms with Crippen molar-refractivity contribution >= 4 is 11.7 Å². The first-order valence-electron chi connectivity index (χ1n) is 7.18. The molecule has 0 atom stereocenters. The van der Waals surface area contributed by atoms with Crippen molar-refractivity contribution in [1.82, 2.24) is 15.3 Å². The van der Waals surface area contributed by atoms with Gasteiger partial charge in [0.2, 0.25) is 0 Å². The van der Waals surface area contributed by atoms with E-state index in [0.29, 0.717) is 37.9 Å². The summed E-state index contributed by atoms with van der Waals surface area (Å²) in [6.45, 7) is 5.15. The van der Waals surface area contributed by atoms with Crippen LogP contribution in [0.3, 0.4) is 0 Å². The van der Waals surface area contributed by atoms with Gasteiger partial charge < -0.3 is 20.1 Å². The predicted molar refractivity (Wildman–Crippen MR) is 80.5 cm³/mol. The largest absolute Gasteiger partial charge is 0.382 e. The lowest BCUT2D eigenvalue weighted by molar-refractivity contribution is 0.0688. The maximum atomic E-state index is 11.9. The van der Waals surface area contributed by atoms with Crippen molar-refractivity contribution in [3.63, 3.8) is 0 Å². The van der Waals surface area contributed by atoms with Gasteiger partial charge in [-0.3, -0.25) is 9.78 Å². The van der Waals surface area contributed by atoms with Crippen molar-refractivity contribution in [3.05, 3.63) is 18.1 Å². The Hall–Kier alpha value is -1.73. The number of nitrogens with zero attached hydrogens (tertiary/aromatic N) is 2. The molecule has 0 unspecified atom stereocenters. The predicted octanol–water partition coefficient (Wildman–Crippen LogP) is 1.08. The number of ether oxygens (including phenoxy) is 2. The van der Waals surface area contributed by atoms with Crippen LogP contribution < -0.4 is 10.6 Å². The molecule has 0 spiro atoms. The van der Waals surface area contributed by atoms with E-state index < -0.39 is 0 Å². The molecule has 0 aliphatic heterocycles. The average molecular weight is 296 g/mol. The molecule has 0 fully saturated rings. The smallest absolute Gasteiger partial charge is 0.271 e. The number of anilines is 1. The number of methoxy groups -OCH3 is 1. The number of hydrogen-bond donors (Lipinski definition) is 2. The number of rotatable bonds is 11. The molecule has 0 saturated carbocycles. The highest BCUT2D eigenvalue weighted by atomic mass is 16.5. The van der Waals surface area contributed by atoms with E-state index in [9.17, 15) is 4.79 Å². The number of carbonyl (C=O) groups is 1. The molecule has 7 nitrogen and oxygen atoms in total. The Morgan fingerprint density at radius 3 is 2.86 bits per heavy atom. The Morgan fingerprint density at radius 1 is 1.24 bits per heavy atom. The second-order valence-electron chi connectivity index (χ2n) is 4.43. The molecule has 1 heterocycles. The standard InChI is InChI=1S/C14H24N4O3/c1-3-5-16-13-11-15-10-12(18-13)14(19)17-6-4-7-21-9-8-20-2/h10-11H,3-9H2,1-2H3,(H,16,18)(H,17,19). The van der Waals surface area contributed by atoms with E-state index in [2.05, 4.69) is 27.5 Å². The molecule has 0 radical (unpaired) electrons. The molecule has 7 heteroatoms. The molecule has 1 aromatic rings. The summed E-state index contributed by atoms with van der Waals surface area (Å²) in [5.41, 5.74) is 0.316. The van der Waals surface area contributed by atoms with Gasteiger partial charge in [-0.15, -0.1) is 0 Å². The zero-order valence-corrected chi connectivity index (χ0v) is 12.7. The number of aromatic nitrogens is 2. The van der Waals surface area contributed by atoms with Crippen LogP contribution in [0.5, 0.6) is 0 Å². The summed E-state index contributed by atoms with van der Waals surface area (Å²) in [6.07, 6.45) is 4.80. The molecule has 1 aromatic heterocycles. The Bertz CT molecular complexity index is 415.